The zero-order valence-corrected chi connectivity index (χ0v) is 11.2. The SMILES string of the molecule is NC(=S)c1ccc(NC(=O)CCOCC(F)(F)F)cc1. The van der Waals surface area contributed by atoms with Gasteiger partial charge in [-0.3, -0.25) is 4.79 Å². The van der Waals surface area contributed by atoms with E-state index in [-0.39, 0.29) is 18.0 Å². The van der Waals surface area contributed by atoms with Gasteiger partial charge in [0.15, 0.2) is 0 Å². The van der Waals surface area contributed by atoms with Crippen molar-refractivity contribution in [1.82, 2.24) is 0 Å². The maximum atomic E-state index is 11.8. The molecule has 0 radical (unpaired) electrons. The van der Waals surface area contributed by atoms with Gasteiger partial charge in [-0.2, -0.15) is 13.2 Å². The Morgan fingerprint density at radius 2 is 1.90 bits per heavy atom. The maximum absolute atomic E-state index is 11.8. The molecule has 0 aliphatic heterocycles. The fraction of sp³-hybridized carbons (Fsp3) is 0.333. The van der Waals surface area contributed by atoms with E-state index in [1.165, 1.54) is 0 Å². The number of rotatable bonds is 6. The fourth-order valence-corrected chi connectivity index (χ4v) is 1.43. The molecule has 1 amide bonds. The smallest absolute Gasteiger partial charge is 0.389 e. The summed E-state index contributed by atoms with van der Waals surface area (Å²) < 4.78 is 39.7. The van der Waals surface area contributed by atoms with Crippen LogP contribution in [0.5, 0.6) is 0 Å². The first kappa shape index (κ1) is 16.4. The summed E-state index contributed by atoms with van der Waals surface area (Å²) in [6, 6.07) is 6.47. The molecular formula is C12H13F3N2O2S. The Morgan fingerprint density at radius 3 is 2.40 bits per heavy atom. The fourth-order valence-electron chi connectivity index (χ4n) is 1.29. The van der Waals surface area contributed by atoms with E-state index in [0.29, 0.717) is 11.3 Å². The number of hydrogen-bond donors (Lipinski definition) is 2. The van der Waals surface area contributed by atoms with Gasteiger partial charge in [-0.15, -0.1) is 0 Å². The Morgan fingerprint density at radius 1 is 1.30 bits per heavy atom. The van der Waals surface area contributed by atoms with E-state index in [4.69, 9.17) is 18.0 Å². The average Bonchev–Trinajstić information content (AvgIpc) is 2.34. The van der Waals surface area contributed by atoms with Crippen LogP contribution in [-0.2, 0) is 9.53 Å². The van der Waals surface area contributed by atoms with E-state index in [0.717, 1.165) is 0 Å². The van der Waals surface area contributed by atoms with Crippen LogP contribution in [0.3, 0.4) is 0 Å². The number of halogens is 3. The highest BCUT2D eigenvalue weighted by Gasteiger charge is 2.27. The molecule has 0 heterocycles. The number of alkyl halides is 3. The molecule has 0 aliphatic rings. The zero-order valence-electron chi connectivity index (χ0n) is 10.4. The predicted molar refractivity (Wildman–Crippen MR) is 72.5 cm³/mol. The van der Waals surface area contributed by atoms with E-state index in [9.17, 15) is 18.0 Å². The molecule has 0 fully saturated rings. The molecule has 0 spiro atoms. The van der Waals surface area contributed by atoms with Crippen LogP contribution in [0.25, 0.3) is 0 Å². The van der Waals surface area contributed by atoms with Gasteiger partial charge >= 0.3 is 6.18 Å². The van der Waals surface area contributed by atoms with Gasteiger partial charge in [0.2, 0.25) is 5.91 Å². The van der Waals surface area contributed by atoms with Crippen LogP contribution in [0.1, 0.15) is 12.0 Å². The first-order valence-corrected chi connectivity index (χ1v) is 6.03. The van der Waals surface area contributed by atoms with Crippen LogP contribution in [0.4, 0.5) is 18.9 Å². The molecule has 8 heteroatoms. The number of nitrogens with two attached hydrogens (primary N) is 1. The van der Waals surface area contributed by atoms with Gasteiger partial charge in [0.1, 0.15) is 11.6 Å². The third kappa shape index (κ3) is 6.48. The van der Waals surface area contributed by atoms with Crippen molar-refractivity contribution >= 4 is 28.8 Å². The normalized spacial score (nSPS) is 11.2. The van der Waals surface area contributed by atoms with Crippen molar-refractivity contribution in [3.8, 4) is 0 Å². The first-order chi connectivity index (χ1) is 9.28. The second-order valence-corrected chi connectivity index (χ2v) is 4.35. The third-order valence-electron chi connectivity index (χ3n) is 2.19. The molecule has 0 aromatic heterocycles. The van der Waals surface area contributed by atoms with Crippen molar-refractivity contribution in [3.63, 3.8) is 0 Å². The summed E-state index contributed by atoms with van der Waals surface area (Å²) >= 11 is 4.78. The minimum Gasteiger partial charge on any atom is -0.389 e. The van der Waals surface area contributed by atoms with Crippen molar-refractivity contribution in [3.05, 3.63) is 29.8 Å². The Bertz CT molecular complexity index is 475. The molecular weight excluding hydrogens is 293 g/mol. The van der Waals surface area contributed by atoms with Crippen LogP contribution >= 0.6 is 12.2 Å². The number of nitrogens with one attached hydrogen (secondary N) is 1. The van der Waals surface area contributed by atoms with Crippen LogP contribution < -0.4 is 11.1 Å². The van der Waals surface area contributed by atoms with Gasteiger partial charge in [-0.05, 0) is 24.3 Å². The van der Waals surface area contributed by atoms with Crippen molar-refractivity contribution in [1.29, 1.82) is 0 Å². The van der Waals surface area contributed by atoms with Crippen molar-refractivity contribution < 1.29 is 22.7 Å². The van der Waals surface area contributed by atoms with E-state index in [1.54, 1.807) is 24.3 Å². The molecule has 1 aromatic rings. The lowest BCUT2D eigenvalue weighted by Crippen LogP contribution is -2.20. The summed E-state index contributed by atoms with van der Waals surface area (Å²) in [5.41, 5.74) is 6.58. The molecule has 0 unspecified atom stereocenters. The number of carbonyl (C=O) groups is 1. The van der Waals surface area contributed by atoms with Crippen molar-refractivity contribution in [2.24, 2.45) is 5.73 Å². The monoisotopic (exact) mass is 306 g/mol. The van der Waals surface area contributed by atoms with E-state index in [2.05, 4.69) is 10.1 Å². The van der Waals surface area contributed by atoms with Gasteiger partial charge in [-0.25, -0.2) is 0 Å². The van der Waals surface area contributed by atoms with Gasteiger partial charge in [0.25, 0.3) is 0 Å². The van der Waals surface area contributed by atoms with Gasteiger partial charge in [0, 0.05) is 11.3 Å². The average molecular weight is 306 g/mol. The minimum absolute atomic E-state index is 0.160. The lowest BCUT2D eigenvalue weighted by atomic mass is 10.2. The molecule has 0 saturated carbocycles. The van der Waals surface area contributed by atoms with E-state index < -0.39 is 18.7 Å². The van der Waals surface area contributed by atoms with Crippen LogP contribution in [0.15, 0.2) is 24.3 Å². The molecule has 0 bridgehead atoms. The highest BCUT2D eigenvalue weighted by Crippen LogP contribution is 2.14. The number of anilines is 1. The second-order valence-electron chi connectivity index (χ2n) is 3.91. The summed E-state index contributed by atoms with van der Waals surface area (Å²) in [5, 5.41) is 2.52. The summed E-state index contributed by atoms with van der Waals surface area (Å²) in [6.45, 7) is -1.65. The molecule has 0 saturated heterocycles. The Kier molecular flexibility index (Phi) is 5.90. The number of amides is 1. The summed E-state index contributed by atoms with van der Waals surface area (Å²) in [5.74, 6) is -0.435. The molecule has 1 rings (SSSR count). The highest BCUT2D eigenvalue weighted by molar-refractivity contribution is 7.80. The number of benzene rings is 1. The first-order valence-electron chi connectivity index (χ1n) is 5.62. The number of thiocarbonyl (C=S) groups is 1. The molecule has 3 N–H and O–H groups in total. The van der Waals surface area contributed by atoms with Crippen molar-refractivity contribution in [2.45, 2.75) is 12.6 Å². The summed E-state index contributed by atoms with van der Waals surface area (Å²) in [4.78, 5) is 11.7. The Balaban J connectivity index is 2.33. The van der Waals surface area contributed by atoms with Gasteiger partial charge in [0.05, 0.1) is 13.0 Å². The molecule has 4 nitrogen and oxygen atoms in total. The number of hydrogen-bond acceptors (Lipinski definition) is 3. The maximum Gasteiger partial charge on any atom is 0.411 e. The Hall–Kier alpha value is -1.67. The third-order valence-corrected chi connectivity index (χ3v) is 2.43. The molecule has 0 aliphatic carbocycles. The molecule has 20 heavy (non-hydrogen) atoms. The number of carbonyl (C=O) groups excluding carboxylic acids is 1. The van der Waals surface area contributed by atoms with Crippen LogP contribution in [0, 0.1) is 0 Å². The van der Waals surface area contributed by atoms with E-state index >= 15 is 0 Å². The van der Waals surface area contributed by atoms with E-state index in [1.807, 2.05) is 0 Å². The highest BCUT2D eigenvalue weighted by atomic mass is 32.1. The van der Waals surface area contributed by atoms with Crippen LogP contribution in [-0.4, -0.2) is 30.3 Å². The summed E-state index contributed by atoms with van der Waals surface area (Å²) in [6.07, 6.45) is -4.54. The minimum atomic E-state index is -4.38. The zero-order chi connectivity index (χ0) is 15.2. The number of ether oxygens (including phenoxy) is 1. The lowest BCUT2D eigenvalue weighted by molar-refractivity contribution is -0.174. The quantitative estimate of drug-likeness (QED) is 0.625. The molecule has 110 valence electrons. The second kappa shape index (κ2) is 7.20. The largest absolute Gasteiger partial charge is 0.411 e. The topological polar surface area (TPSA) is 64.3 Å². The molecule has 1 aromatic carbocycles. The summed E-state index contributed by atoms with van der Waals surface area (Å²) in [7, 11) is 0. The van der Waals surface area contributed by atoms with Gasteiger partial charge < -0.3 is 15.8 Å². The lowest BCUT2D eigenvalue weighted by Gasteiger charge is -2.08. The van der Waals surface area contributed by atoms with Crippen molar-refractivity contribution in [2.75, 3.05) is 18.5 Å². The standard InChI is InChI=1S/C12H13F3N2O2S/c13-12(14,15)7-19-6-5-10(18)17-9-3-1-8(2-4-9)11(16)20/h1-4H,5-7H2,(H2,16,20)(H,17,18). The Labute approximate surface area is 119 Å². The van der Waals surface area contributed by atoms with Crippen LogP contribution in [0.2, 0.25) is 0 Å². The van der Waals surface area contributed by atoms with Gasteiger partial charge in [-0.1, -0.05) is 12.2 Å². The molecule has 0 atom stereocenters. The predicted octanol–water partition coefficient (Wildman–Crippen LogP) is 2.23.